The van der Waals surface area contributed by atoms with Crippen LogP contribution in [0, 0.1) is 24.7 Å². The molecule has 0 bridgehead atoms. The van der Waals surface area contributed by atoms with Crippen LogP contribution in [0.25, 0.3) is 10.9 Å². The van der Waals surface area contributed by atoms with Gasteiger partial charge >= 0.3 is 0 Å². The molecule has 0 amide bonds. The molecule has 1 heterocycles. The van der Waals surface area contributed by atoms with Crippen LogP contribution < -0.4 is 15.8 Å². The molecule has 2 aromatic rings. The van der Waals surface area contributed by atoms with Gasteiger partial charge in [-0.3, -0.25) is 10.3 Å². The number of nitrogens with one attached hydrogen (secondary N) is 1. The topological polar surface area (TPSA) is 101 Å². The normalized spacial score (nSPS) is 14.9. The number of aromatic nitrogens is 1. The van der Waals surface area contributed by atoms with Crippen molar-refractivity contribution in [2.75, 3.05) is 25.5 Å². The third-order valence-electron chi connectivity index (χ3n) is 5.75. The molecule has 1 aromatic carbocycles. The molecule has 0 radical (unpaired) electrons. The summed E-state index contributed by atoms with van der Waals surface area (Å²) in [4.78, 5) is 4.61. The Morgan fingerprint density at radius 2 is 1.79 bits per heavy atom. The third-order valence-corrected chi connectivity index (χ3v) is 5.75. The first kappa shape index (κ1) is 22.4. The molecule has 1 unspecified atom stereocenters. The van der Waals surface area contributed by atoms with E-state index in [2.05, 4.69) is 10.3 Å². The fraction of sp³-hybridized carbons (Fsp3) is 0.591. The van der Waals surface area contributed by atoms with Gasteiger partial charge in [-0.2, -0.15) is 0 Å². The summed E-state index contributed by atoms with van der Waals surface area (Å²) >= 11 is 0. The number of anilines is 1. The number of hydrogen-bond donors (Lipinski definition) is 4. The third kappa shape index (κ3) is 4.57. The second-order valence-corrected chi connectivity index (χ2v) is 9.31. The maximum absolute atomic E-state index is 11.0. The maximum Gasteiger partial charge on any atom is 0.130 e. The minimum Gasteiger partial charge on any atom is -0.492 e. The van der Waals surface area contributed by atoms with Gasteiger partial charge in [-0.15, -0.1) is 0 Å². The van der Waals surface area contributed by atoms with E-state index in [0.29, 0.717) is 18.0 Å². The van der Waals surface area contributed by atoms with Gasteiger partial charge in [-0.05, 0) is 38.5 Å². The minimum atomic E-state index is -1.19. The first-order valence-electron chi connectivity index (χ1n) is 9.68. The molecule has 28 heavy (non-hydrogen) atoms. The van der Waals surface area contributed by atoms with E-state index in [1.165, 1.54) is 0 Å². The summed E-state index contributed by atoms with van der Waals surface area (Å²) in [6, 6.07) is 5.69. The van der Waals surface area contributed by atoms with E-state index in [0.717, 1.165) is 22.2 Å². The number of rotatable bonds is 8. The molecule has 156 valence electrons. The maximum atomic E-state index is 11.0. The second-order valence-electron chi connectivity index (χ2n) is 9.31. The second kappa shape index (κ2) is 7.85. The lowest BCUT2D eigenvalue weighted by Crippen LogP contribution is -2.58. The Kier molecular flexibility index (Phi) is 6.28. The molecule has 1 aromatic heterocycles. The Bertz CT molecular complexity index is 845. The van der Waals surface area contributed by atoms with Gasteiger partial charge in [0.15, 0.2) is 0 Å². The van der Waals surface area contributed by atoms with Crippen LogP contribution in [0.4, 0.5) is 5.69 Å². The highest BCUT2D eigenvalue weighted by atomic mass is 16.5. The molecule has 0 saturated heterocycles. The molecule has 0 saturated carbocycles. The average Bonchev–Trinajstić information content (AvgIpc) is 2.62. The summed E-state index contributed by atoms with van der Waals surface area (Å²) in [7, 11) is 0. The van der Waals surface area contributed by atoms with Gasteiger partial charge in [0, 0.05) is 35.4 Å². The smallest absolute Gasteiger partial charge is 0.130 e. The molecule has 1 atom stereocenters. The van der Waals surface area contributed by atoms with Crippen molar-refractivity contribution in [1.82, 2.24) is 10.3 Å². The van der Waals surface area contributed by atoms with Crippen LogP contribution in [0.5, 0.6) is 5.75 Å². The highest BCUT2D eigenvalue weighted by Crippen LogP contribution is 2.35. The van der Waals surface area contributed by atoms with E-state index >= 15 is 0 Å². The zero-order valence-corrected chi connectivity index (χ0v) is 18.2. The average molecular weight is 390 g/mol. The number of hydrogen-bond acceptors (Lipinski definition) is 6. The Morgan fingerprint density at radius 3 is 2.39 bits per heavy atom. The van der Waals surface area contributed by atoms with Crippen molar-refractivity contribution < 1.29 is 14.9 Å². The molecular formula is C22H35N3O3. The number of aliphatic hydroxyl groups is 2. The lowest BCUT2D eigenvalue weighted by molar-refractivity contribution is -0.102. The molecule has 0 spiro atoms. The standard InChI is InChI=1S/C22H35N3O3/c1-14-15(2)25-16-9-8-10-17(18(16)19(14)23)28-13-21(5,6)22(7,27)24-11-20(3,4)12-26/h8-10,24,26-27H,11-13H2,1-7H3,(H2,23,25). The monoisotopic (exact) mass is 389 g/mol. The van der Waals surface area contributed by atoms with E-state index in [1.54, 1.807) is 6.92 Å². The van der Waals surface area contributed by atoms with E-state index < -0.39 is 11.1 Å². The molecule has 5 N–H and O–H groups in total. The lowest BCUT2D eigenvalue weighted by Gasteiger charge is -2.42. The Morgan fingerprint density at radius 1 is 1.14 bits per heavy atom. The van der Waals surface area contributed by atoms with Crippen LogP contribution in [0.2, 0.25) is 0 Å². The van der Waals surface area contributed by atoms with Crippen molar-refractivity contribution in [3.63, 3.8) is 0 Å². The van der Waals surface area contributed by atoms with Gasteiger partial charge in [0.25, 0.3) is 0 Å². The molecule has 2 rings (SSSR count). The quantitative estimate of drug-likeness (QED) is 0.518. The predicted molar refractivity (Wildman–Crippen MR) is 114 cm³/mol. The van der Waals surface area contributed by atoms with Gasteiger partial charge in [0.2, 0.25) is 0 Å². The van der Waals surface area contributed by atoms with Crippen LogP contribution in [-0.4, -0.2) is 40.7 Å². The Labute approximate surface area is 168 Å². The number of pyridine rings is 1. The number of benzene rings is 1. The van der Waals surface area contributed by atoms with Crippen LogP contribution in [0.15, 0.2) is 18.2 Å². The predicted octanol–water partition coefficient (Wildman–Crippen LogP) is 3.16. The van der Waals surface area contributed by atoms with E-state index in [-0.39, 0.29) is 18.6 Å². The fourth-order valence-electron chi connectivity index (χ4n) is 2.76. The fourth-order valence-corrected chi connectivity index (χ4v) is 2.76. The van der Waals surface area contributed by atoms with Crippen molar-refractivity contribution in [1.29, 1.82) is 0 Å². The largest absolute Gasteiger partial charge is 0.492 e. The van der Waals surface area contributed by atoms with Crippen molar-refractivity contribution in [2.24, 2.45) is 10.8 Å². The minimum absolute atomic E-state index is 0.0358. The van der Waals surface area contributed by atoms with Gasteiger partial charge in [-0.1, -0.05) is 33.8 Å². The molecule has 0 aliphatic heterocycles. The first-order valence-corrected chi connectivity index (χ1v) is 9.68. The number of fused-ring (bicyclic) bond motifs is 1. The van der Waals surface area contributed by atoms with E-state index in [1.807, 2.05) is 59.7 Å². The number of aliphatic hydroxyl groups excluding tert-OH is 1. The van der Waals surface area contributed by atoms with E-state index in [4.69, 9.17) is 10.5 Å². The van der Waals surface area contributed by atoms with Gasteiger partial charge < -0.3 is 20.7 Å². The zero-order valence-electron chi connectivity index (χ0n) is 18.2. The number of nitrogen functional groups attached to an aromatic ring is 1. The number of nitrogens with two attached hydrogens (primary N) is 1. The molecule has 6 heteroatoms. The lowest BCUT2D eigenvalue weighted by atomic mass is 9.81. The molecular weight excluding hydrogens is 354 g/mol. The van der Waals surface area contributed by atoms with Crippen LogP contribution in [-0.2, 0) is 0 Å². The highest BCUT2D eigenvalue weighted by molar-refractivity contribution is 5.97. The van der Waals surface area contributed by atoms with Crippen LogP contribution >= 0.6 is 0 Å². The van der Waals surface area contributed by atoms with Crippen molar-refractivity contribution in [3.8, 4) is 5.75 Å². The molecule has 0 aliphatic carbocycles. The highest BCUT2D eigenvalue weighted by Gasteiger charge is 2.41. The molecule has 6 nitrogen and oxygen atoms in total. The summed E-state index contributed by atoms with van der Waals surface area (Å²) in [5.41, 5.74) is 7.54. The van der Waals surface area contributed by atoms with Gasteiger partial charge in [0.05, 0.1) is 17.5 Å². The summed E-state index contributed by atoms with van der Waals surface area (Å²) in [6.45, 7) is 14.2. The number of ether oxygens (including phenoxy) is 1. The van der Waals surface area contributed by atoms with Gasteiger partial charge in [0.1, 0.15) is 11.5 Å². The SMILES string of the molecule is Cc1nc2cccc(OCC(C)(C)C(C)(O)NCC(C)(C)CO)c2c(N)c1C. The molecule has 0 aliphatic rings. The Hall–Kier alpha value is -1.89. The Balaban J connectivity index is 2.24. The summed E-state index contributed by atoms with van der Waals surface area (Å²) in [5.74, 6) is 0.658. The van der Waals surface area contributed by atoms with Crippen molar-refractivity contribution >= 4 is 16.6 Å². The van der Waals surface area contributed by atoms with Crippen LogP contribution in [0.1, 0.15) is 45.9 Å². The van der Waals surface area contributed by atoms with Crippen molar-refractivity contribution in [2.45, 2.75) is 54.2 Å². The summed E-state index contributed by atoms with van der Waals surface area (Å²) in [6.07, 6.45) is 0. The number of aryl methyl sites for hydroxylation is 1. The van der Waals surface area contributed by atoms with E-state index in [9.17, 15) is 10.2 Å². The van der Waals surface area contributed by atoms with Crippen LogP contribution in [0.3, 0.4) is 0 Å². The zero-order chi connectivity index (χ0) is 21.3. The number of nitrogens with zero attached hydrogens (tertiary/aromatic N) is 1. The summed E-state index contributed by atoms with van der Waals surface area (Å²) in [5, 5.41) is 24.4. The van der Waals surface area contributed by atoms with Gasteiger partial charge in [-0.25, -0.2) is 0 Å². The molecule has 0 fully saturated rings. The van der Waals surface area contributed by atoms with Crippen molar-refractivity contribution in [3.05, 3.63) is 29.5 Å². The summed E-state index contributed by atoms with van der Waals surface area (Å²) < 4.78 is 6.14. The first-order chi connectivity index (χ1) is 12.8.